The Kier molecular flexibility index (Phi) is 6.87. The summed E-state index contributed by atoms with van der Waals surface area (Å²) in [6.45, 7) is 6.05. The Morgan fingerprint density at radius 3 is 2.36 bits per heavy atom. The van der Waals surface area contributed by atoms with Crippen molar-refractivity contribution >= 4 is 5.91 Å². The molecule has 1 amide bonds. The zero-order valence-corrected chi connectivity index (χ0v) is 15.4. The minimum atomic E-state index is -0.538. The largest absolute Gasteiger partial charge is 0.497 e. The summed E-state index contributed by atoms with van der Waals surface area (Å²) < 4.78 is 11.0. The van der Waals surface area contributed by atoms with Gasteiger partial charge in [0, 0.05) is 6.07 Å². The van der Waals surface area contributed by atoms with E-state index in [1.807, 2.05) is 32.0 Å². The summed E-state index contributed by atoms with van der Waals surface area (Å²) in [5.74, 6) is 1.22. The highest BCUT2D eigenvalue weighted by atomic mass is 16.5. The van der Waals surface area contributed by atoms with E-state index >= 15 is 0 Å². The Morgan fingerprint density at radius 2 is 1.76 bits per heavy atom. The minimum Gasteiger partial charge on any atom is -0.497 e. The molecule has 0 fully saturated rings. The van der Waals surface area contributed by atoms with E-state index in [0.29, 0.717) is 17.9 Å². The van der Waals surface area contributed by atoms with Crippen molar-refractivity contribution in [3.05, 3.63) is 59.7 Å². The van der Waals surface area contributed by atoms with E-state index in [-0.39, 0.29) is 11.9 Å². The number of methoxy groups -OCH3 is 1. The molecule has 0 aliphatic heterocycles. The first-order valence-electron chi connectivity index (χ1n) is 8.77. The van der Waals surface area contributed by atoms with Gasteiger partial charge in [0.05, 0.1) is 13.2 Å². The topological polar surface area (TPSA) is 47.6 Å². The Bertz CT molecular complexity index is 682. The zero-order valence-electron chi connectivity index (χ0n) is 15.4. The van der Waals surface area contributed by atoms with E-state index in [4.69, 9.17) is 9.47 Å². The highest BCUT2D eigenvalue weighted by molar-refractivity contribution is 5.81. The fourth-order valence-electron chi connectivity index (χ4n) is 2.59. The number of aryl methyl sites for hydroxylation is 1. The maximum absolute atomic E-state index is 12.6. The number of ether oxygens (including phenoxy) is 2. The third kappa shape index (κ3) is 5.24. The van der Waals surface area contributed by atoms with E-state index in [1.54, 1.807) is 13.2 Å². The van der Waals surface area contributed by atoms with Crippen molar-refractivity contribution in [2.75, 3.05) is 7.11 Å². The van der Waals surface area contributed by atoms with Crippen molar-refractivity contribution in [1.82, 2.24) is 5.32 Å². The number of carbonyl (C=O) groups excluding carboxylic acids is 1. The molecule has 0 saturated heterocycles. The van der Waals surface area contributed by atoms with Gasteiger partial charge in [0.1, 0.15) is 11.5 Å². The lowest BCUT2D eigenvalue weighted by molar-refractivity contribution is -0.128. The predicted molar refractivity (Wildman–Crippen MR) is 100 cm³/mol. The highest BCUT2D eigenvalue weighted by Crippen LogP contribution is 2.21. The van der Waals surface area contributed by atoms with Crippen molar-refractivity contribution in [3.63, 3.8) is 0 Å². The molecule has 0 aromatic heterocycles. The molecular formula is C21H27NO3. The Hall–Kier alpha value is -2.49. The van der Waals surface area contributed by atoms with Crippen LogP contribution in [0.25, 0.3) is 0 Å². The molecule has 134 valence electrons. The van der Waals surface area contributed by atoms with Gasteiger partial charge in [-0.15, -0.1) is 0 Å². The highest BCUT2D eigenvalue weighted by Gasteiger charge is 2.20. The fraction of sp³-hybridized carbons (Fsp3) is 0.381. The van der Waals surface area contributed by atoms with Crippen LogP contribution < -0.4 is 14.8 Å². The van der Waals surface area contributed by atoms with E-state index in [9.17, 15) is 4.79 Å². The van der Waals surface area contributed by atoms with Gasteiger partial charge in [-0.25, -0.2) is 0 Å². The number of nitrogens with one attached hydrogen (secondary N) is 1. The van der Waals surface area contributed by atoms with Gasteiger partial charge in [0.25, 0.3) is 5.91 Å². The molecule has 0 heterocycles. The van der Waals surface area contributed by atoms with Gasteiger partial charge >= 0.3 is 0 Å². The van der Waals surface area contributed by atoms with Crippen molar-refractivity contribution in [2.24, 2.45) is 0 Å². The van der Waals surface area contributed by atoms with Gasteiger partial charge in [-0.2, -0.15) is 0 Å². The third-order valence-electron chi connectivity index (χ3n) is 4.23. The van der Waals surface area contributed by atoms with Crippen molar-refractivity contribution in [2.45, 2.75) is 45.8 Å². The molecule has 4 heteroatoms. The van der Waals surface area contributed by atoms with Crippen LogP contribution in [0.4, 0.5) is 0 Å². The van der Waals surface area contributed by atoms with Crippen molar-refractivity contribution in [3.8, 4) is 11.5 Å². The molecular weight excluding hydrogens is 314 g/mol. The van der Waals surface area contributed by atoms with E-state index in [1.165, 1.54) is 5.56 Å². The first-order chi connectivity index (χ1) is 12.1. The summed E-state index contributed by atoms with van der Waals surface area (Å²) in [6.07, 6.45) is 1.06. The van der Waals surface area contributed by atoms with E-state index in [2.05, 4.69) is 36.5 Å². The van der Waals surface area contributed by atoms with Crippen LogP contribution in [0.5, 0.6) is 11.5 Å². The van der Waals surface area contributed by atoms with Crippen molar-refractivity contribution < 1.29 is 14.3 Å². The molecule has 2 aromatic carbocycles. The summed E-state index contributed by atoms with van der Waals surface area (Å²) in [4.78, 5) is 12.6. The number of rotatable bonds is 8. The normalized spacial score (nSPS) is 13.0. The number of carbonyl (C=O) groups is 1. The third-order valence-corrected chi connectivity index (χ3v) is 4.23. The second kappa shape index (κ2) is 9.11. The molecule has 2 atom stereocenters. The first-order valence-corrected chi connectivity index (χ1v) is 8.77. The molecule has 4 nitrogen and oxygen atoms in total. The SMILES string of the molecule is CCc1ccc([C@H](C)NC(=O)[C@@H](CC)Oc2cccc(OC)c2)cc1. The molecule has 25 heavy (non-hydrogen) atoms. The van der Waals surface area contributed by atoms with Crippen molar-refractivity contribution in [1.29, 1.82) is 0 Å². The van der Waals surface area contributed by atoms with Crippen LogP contribution >= 0.6 is 0 Å². The summed E-state index contributed by atoms with van der Waals surface area (Å²) in [6, 6.07) is 15.5. The van der Waals surface area contributed by atoms with Crippen LogP contribution in [-0.2, 0) is 11.2 Å². The van der Waals surface area contributed by atoms with Gasteiger partial charge in [0.15, 0.2) is 6.10 Å². The molecule has 2 aromatic rings. The Labute approximate surface area is 150 Å². The number of amides is 1. The number of hydrogen-bond donors (Lipinski definition) is 1. The minimum absolute atomic E-state index is 0.0682. The van der Waals surface area contributed by atoms with Crippen LogP contribution in [0.2, 0.25) is 0 Å². The summed E-state index contributed by atoms with van der Waals surface area (Å²) >= 11 is 0. The predicted octanol–water partition coefficient (Wildman–Crippen LogP) is 4.29. The average molecular weight is 341 g/mol. The summed E-state index contributed by atoms with van der Waals surface area (Å²) in [5.41, 5.74) is 2.37. The van der Waals surface area contributed by atoms with Gasteiger partial charge in [-0.1, -0.05) is 44.2 Å². The van der Waals surface area contributed by atoms with Crippen LogP contribution in [0.3, 0.4) is 0 Å². The monoisotopic (exact) mass is 341 g/mol. The molecule has 0 bridgehead atoms. The lowest BCUT2D eigenvalue weighted by Gasteiger charge is -2.21. The maximum Gasteiger partial charge on any atom is 0.261 e. The van der Waals surface area contributed by atoms with Crippen LogP contribution in [0.15, 0.2) is 48.5 Å². The zero-order chi connectivity index (χ0) is 18.2. The molecule has 1 N–H and O–H groups in total. The van der Waals surface area contributed by atoms with Crippen LogP contribution in [0.1, 0.15) is 44.4 Å². The fourth-order valence-corrected chi connectivity index (χ4v) is 2.59. The average Bonchev–Trinajstić information content (AvgIpc) is 2.66. The second-order valence-electron chi connectivity index (χ2n) is 6.02. The molecule has 0 saturated carbocycles. The Balaban J connectivity index is 2.00. The lowest BCUT2D eigenvalue weighted by Crippen LogP contribution is -2.39. The molecule has 0 spiro atoms. The number of benzene rings is 2. The molecule has 0 radical (unpaired) electrons. The summed E-state index contributed by atoms with van der Waals surface area (Å²) in [7, 11) is 1.61. The van der Waals surface area contributed by atoms with Gasteiger partial charge in [0.2, 0.25) is 0 Å². The molecule has 0 aliphatic carbocycles. The van der Waals surface area contributed by atoms with Crippen LogP contribution in [0, 0.1) is 0 Å². The standard InChI is InChI=1S/C21H27NO3/c1-5-16-10-12-17(13-11-16)15(3)22-21(23)20(6-2)25-19-9-7-8-18(14-19)24-4/h7-15,20H,5-6H2,1-4H3,(H,22,23)/t15-,20+/m0/s1. The lowest BCUT2D eigenvalue weighted by atomic mass is 10.0. The van der Waals surface area contributed by atoms with Crippen LogP contribution in [-0.4, -0.2) is 19.1 Å². The van der Waals surface area contributed by atoms with E-state index < -0.39 is 6.10 Å². The van der Waals surface area contributed by atoms with E-state index in [0.717, 1.165) is 12.0 Å². The maximum atomic E-state index is 12.6. The quantitative estimate of drug-likeness (QED) is 0.779. The molecule has 0 aliphatic rings. The second-order valence-corrected chi connectivity index (χ2v) is 6.02. The molecule has 0 unspecified atom stereocenters. The first kappa shape index (κ1) is 18.8. The van der Waals surface area contributed by atoms with Gasteiger partial charge in [-0.05, 0) is 43.0 Å². The summed E-state index contributed by atoms with van der Waals surface area (Å²) in [5, 5.41) is 3.04. The molecule has 2 rings (SSSR count). The van der Waals surface area contributed by atoms with Gasteiger partial charge < -0.3 is 14.8 Å². The smallest absolute Gasteiger partial charge is 0.261 e. The van der Waals surface area contributed by atoms with Gasteiger partial charge in [-0.3, -0.25) is 4.79 Å². The number of hydrogen-bond acceptors (Lipinski definition) is 3. The Morgan fingerprint density at radius 1 is 1.08 bits per heavy atom.